The molecule has 0 saturated heterocycles. The minimum absolute atomic E-state index is 0.271. The summed E-state index contributed by atoms with van der Waals surface area (Å²) in [4.78, 5) is 28.3. The second kappa shape index (κ2) is 7.50. The molecule has 0 aliphatic heterocycles. The maximum absolute atomic E-state index is 12.8. The van der Waals surface area contributed by atoms with E-state index in [1.54, 1.807) is 13.0 Å². The monoisotopic (exact) mass is 334 g/mol. The Morgan fingerprint density at radius 3 is 2.65 bits per heavy atom. The number of amides is 3. The molecule has 23 heavy (non-hydrogen) atoms. The molecule has 0 aliphatic rings. The molecule has 0 bridgehead atoms. The first-order chi connectivity index (χ1) is 11.0. The van der Waals surface area contributed by atoms with Gasteiger partial charge in [0.25, 0.3) is 5.91 Å². The van der Waals surface area contributed by atoms with Gasteiger partial charge in [0.1, 0.15) is 10.7 Å². The zero-order valence-corrected chi connectivity index (χ0v) is 13.2. The number of carbonyl (C=O) groups is 2. The number of carbonyl (C=O) groups excluding carboxylic acids is 2. The highest BCUT2D eigenvalue weighted by atomic mass is 32.1. The van der Waals surface area contributed by atoms with Crippen LogP contribution in [-0.4, -0.2) is 23.5 Å². The summed E-state index contributed by atoms with van der Waals surface area (Å²) in [7, 11) is 0. The molecule has 0 aliphatic carbocycles. The van der Waals surface area contributed by atoms with Crippen molar-refractivity contribution in [3.63, 3.8) is 0 Å². The number of hydrogen-bond acceptors (Lipinski definition) is 4. The standard InChI is InChI=1S/C15H15FN4O2S/c1-3-8-17-13(21)12-9(2)18-15(23-12)20-14(22)19-11-6-4-10(16)5-7-11/h3-7H,1,8H2,2H3,(H,17,21)(H2,18,19,20,22). The smallest absolute Gasteiger partial charge is 0.325 e. The minimum Gasteiger partial charge on any atom is -0.348 e. The molecule has 0 saturated carbocycles. The van der Waals surface area contributed by atoms with Gasteiger partial charge in [-0.05, 0) is 31.2 Å². The summed E-state index contributed by atoms with van der Waals surface area (Å²) >= 11 is 1.07. The van der Waals surface area contributed by atoms with Gasteiger partial charge in [0.2, 0.25) is 0 Å². The van der Waals surface area contributed by atoms with E-state index in [1.165, 1.54) is 24.3 Å². The molecule has 0 radical (unpaired) electrons. The summed E-state index contributed by atoms with van der Waals surface area (Å²) in [5.74, 6) is -0.659. The van der Waals surface area contributed by atoms with Crippen molar-refractivity contribution in [3.05, 3.63) is 53.3 Å². The zero-order valence-electron chi connectivity index (χ0n) is 12.4. The molecule has 0 atom stereocenters. The number of rotatable bonds is 5. The predicted octanol–water partition coefficient (Wildman–Crippen LogP) is 3.15. The fourth-order valence-electron chi connectivity index (χ4n) is 1.70. The molecule has 6 nitrogen and oxygen atoms in total. The first-order valence-electron chi connectivity index (χ1n) is 6.69. The number of aryl methyl sites for hydroxylation is 1. The number of aromatic nitrogens is 1. The van der Waals surface area contributed by atoms with Crippen LogP contribution >= 0.6 is 11.3 Å². The third-order valence-electron chi connectivity index (χ3n) is 2.73. The lowest BCUT2D eigenvalue weighted by Gasteiger charge is -2.04. The average molecular weight is 334 g/mol. The molecule has 1 aromatic carbocycles. The van der Waals surface area contributed by atoms with Gasteiger partial charge in [-0.2, -0.15) is 0 Å². The lowest BCUT2D eigenvalue weighted by molar-refractivity contribution is 0.0961. The Balaban J connectivity index is 1.99. The van der Waals surface area contributed by atoms with E-state index in [4.69, 9.17) is 0 Å². The molecule has 3 N–H and O–H groups in total. The van der Waals surface area contributed by atoms with E-state index >= 15 is 0 Å². The Hall–Kier alpha value is -2.74. The lowest BCUT2D eigenvalue weighted by Crippen LogP contribution is -2.22. The Labute approximate surface area is 136 Å². The van der Waals surface area contributed by atoms with Crippen LogP contribution in [0.15, 0.2) is 36.9 Å². The van der Waals surface area contributed by atoms with Crippen LogP contribution in [-0.2, 0) is 0 Å². The zero-order chi connectivity index (χ0) is 16.8. The average Bonchev–Trinajstić information content (AvgIpc) is 2.87. The minimum atomic E-state index is -0.525. The number of nitrogens with zero attached hydrogens (tertiary/aromatic N) is 1. The third-order valence-corrected chi connectivity index (χ3v) is 3.80. The summed E-state index contributed by atoms with van der Waals surface area (Å²) in [5, 5.41) is 8.03. The van der Waals surface area contributed by atoms with Crippen molar-refractivity contribution in [3.8, 4) is 0 Å². The third kappa shape index (κ3) is 4.62. The first kappa shape index (κ1) is 16.6. The molecule has 120 valence electrons. The van der Waals surface area contributed by atoms with Gasteiger partial charge in [0, 0.05) is 12.2 Å². The Morgan fingerprint density at radius 2 is 2.00 bits per heavy atom. The summed E-state index contributed by atoms with van der Waals surface area (Å²) in [6, 6.07) is 4.84. The number of halogens is 1. The molecule has 1 heterocycles. The lowest BCUT2D eigenvalue weighted by atomic mass is 10.3. The van der Waals surface area contributed by atoms with Gasteiger partial charge >= 0.3 is 6.03 Å². The highest BCUT2D eigenvalue weighted by Crippen LogP contribution is 2.22. The van der Waals surface area contributed by atoms with E-state index in [1.807, 2.05) is 0 Å². The maximum atomic E-state index is 12.8. The van der Waals surface area contributed by atoms with Crippen LogP contribution < -0.4 is 16.0 Å². The van der Waals surface area contributed by atoms with Gasteiger partial charge in [-0.25, -0.2) is 14.2 Å². The van der Waals surface area contributed by atoms with Crippen LogP contribution in [0.1, 0.15) is 15.4 Å². The van der Waals surface area contributed by atoms with E-state index in [0.717, 1.165) is 11.3 Å². The van der Waals surface area contributed by atoms with Gasteiger partial charge < -0.3 is 10.6 Å². The molecule has 0 fully saturated rings. The molecule has 0 spiro atoms. The highest BCUT2D eigenvalue weighted by Gasteiger charge is 2.16. The second-order valence-electron chi connectivity index (χ2n) is 4.52. The molecular weight excluding hydrogens is 319 g/mol. The molecule has 1 aromatic heterocycles. The van der Waals surface area contributed by atoms with Crippen LogP contribution in [0.3, 0.4) is 0 Å². The van der Waals surface area contributed by atoms with Gasteiger partial charge in [-0.15, -0.1) is 6.58 Å². The van der Waals surface area contributed by atoms with Gasteiger partial charge in [-0.1, -0.05) is 17.4 Å². The molecule has 3 amide bonds. The molecule has 2 rings (SSSR count). The van der Waals surface area contributed by atoms with Crippen molar-refractivity contribution in [2.45, 2.75) is 6.92 Å². The van der Waals surface area contributed by atoms with Crippen molar-refractivity contribution in [1.29, 1.82) is 0 Å². The number of anilines is 2. The van der Waals surface area contributed by atoms with E-state index in [0.29, 0.717) is 27.9 Å². The Kier molecular flexibility index (Phi) is 5.42. The fourth-order valence-corrected chi connectivity index (χ4v) is 2.58. The summed E-state index contributed by atoms with van der Waals surface area (Å²) < 4.78 is 12.8. The first-order valence-corrected chi connectivity index (χ1v) is 7.51. The van der Waals surface area contributed by atoms with Gasteiger partial charge in [0.05, 0.1) is 5.69 Å². The molecule has 2 aromatic rings. The topological polar surface area (TPSA) is 83.1 Å². The van der Waals surface area contributed by atoms with Crippen LogP contribution in [0.5, 0.6) is 0 Å². The van der Waals surface area contributed by atoms with E-state index < -0.39 is 6.03 Å². The van der Waals surface area contributed by atoms with Crippen LogP contribution in [0.25, 0.3) is 0 Å². The van der Waals surface area contributed by atoms with Crippen LogP contribution in [0.2, 0.25) is 0 Å². The number of nitrogens with one attached hydrogen (secondary N) is 3. The summed E-state index contributed by atoms with van der Waals surface area (Å²) in [5.41, 5.74) is 0.967. The van der Waals surface area contributed by atoms with Crippen molar-refractivity contribution < 1.29 is 14.0 Å². The largest absolute Gasteiger partial charge is 0.348 e. The van der Waals surface area contributed by atoms with Gasteiger partial charge in [0.15, 0.2) is 5.13 Å². The SMILES string of the molecule is C=CCNC(=O)c1sc(NC(=O)Nc2ccc(F)cc2)nc1C. The Bertz CT molecular complexity index is 728. The van der Waals surface area contributed by atoms with Crippen molar-refractivity contribution >= 4 is 34.1 Å². The van der Waals surface area contributed by atoms with Gasteiger partial charge in [-0.3, -0.25) is 10.1 Å². The van der Waals surface area contributed by atoms with Crippen LogP contribution in [0, 0.1) is 12.7 Å². The van der Waals surface area contributed by atoms with Crippen molar-refractivity contribution in [2.75, 3.05) is 17.2 Å². The van der Waals surface area contributed by atoms with Crippen molar-refractivity contribution in [2.24, 2.45) is 0 Å². The number of benzene rings is 1. The normalized spacial score (nSPS) is 10.0. The maximum Gasteiger partial charge on any atom is 0.325 e. The second-order valence-corrected chi connectivity index (χ2v) is 5.52. The van der Waals surface area contributed by atoms with E-state index in [9.17, 15) is 14.0 Å². The molecule has 0 unspecified atom stereocenters. The summed E-state index contributed by atoms with van der Waals surface area (Å²) in [6.07, 6.45) is 1.57. The molecular formula is C15H15FN4O2S. The van der Waals surface area contributed by atoms with E-state index in [2.05, 4.69) is 27.5 Å². The number of thiazole rings is 1. The quantitative estimate of drug-likeness (QED) is 0.735. The van der Waals surface area contributed by atoms with Crippen molar-refractivity contribution in [1.82, 2.24) is 10.3 Å². The fraction of sp³-hybridized carbons (Fsp3) is 0.133. The summed E-state index contributed by atoms with van der Waals surface area (Å²) in [6.45, 7) is 5.56. The predicted molar refractivity (Wildman–Crippen MR) is 88.4 cm³/mol. The Morgan fingerprint density at radius 1 is 1.30 bits per heavy atom. The molecule has 8 heteroatoms. The highest BCUT2D eigenvalue weighted by molar-refractivity contribution is 7.17. The number of urea groups is 1. The van der Waals surface area contributed by atoms with Crippen LogP contribution in [0.4, 0.5) is 20.0 Å². The number of hydrogen-bond donors (Lipinski definition) is 3. The van der Waals surface area contributed by atoms with E-state index in [-0.39, 0.29) is 11.7 Å².